The molecular formula is C22H29N11O11P2S. The minimum absolute atomic E-state index is 0.00427. The Morgan fingerprint density at radius 1 is 0.957 bits per heavy atom. The zero-order chi connectivity index (χ0) is 33.2. The van der Waals surface area contributed by atoms with Crippen molar-refractivity contribution in [2.75, 3.05) is 31.2 Å². The molecule has 4 unspecified atom stereocenters. The number of ether oxygens (including phenoxy) is 2. The molecule has 0 amide bonds. The quantitative estimate of drug-likeness (QED) is 0.117. The van der Waals surface area contributed by atoms with Crippen molar-refractivity contribution in [2.45, 2.75) is 49.4 Å². The first-order valence-corrected chi connectivity index (χ1v) is 18.1. The largest absolute Gasteiger partial charge is 0.472 e. The molecule has 4 aromatic heterocycles. The van der Waals surface area contributed by atoms with Crippen molar-refractivity contribution in [3.8, 4) is 0 Å². The van der Waals surface area contributed by atoms with Crippen molar-refractivity contribution in [3.05, 3.63) is 29.3 Å². The second-order valence-electron chi connectivity index (χ2n) is 10.9. The second-order valence-corrected chi connectivity index (χ2v) is 15.1. The molecule has 0 spiro atoms. The third kappa shape index (κ3) is 5.97. The molecular weight excluding hydrogens is 688 g/mol. The molecule has 254 valence electrons. The molecule has 7 heterocycles. The number of imidazole rings is 2. The molecule has 0 saturated carbocycles. The van der Waals surface area contributed by atoms with Gasteiger partial charge in [0.2, 0.25) is 5.95 Å². The number of nitrogen functional groups attached to an aromatic ring is 2. The summed E-state index contributed by atoms with van der Waals surface area (Å²) in [5.74, 6) is -0.865. The van der Waals surface area contributed by atoms with Gasteiger partial charge in [0, 0.05) is 5.92 Å². The number of fused-ring (bicyclic) bond motifs is 5. The van der Waals surface area contributed by atoms with Gasteiger partial charge in [0.25, 0.3) is 5.56 Å². The second kappa shape index (κ2) is 12.1. The number of H-pyrrole nitrogens is 1. The summed E-state index contributed by atoms with van der Waals surface area (Å²) in [6, 6.07) is 0. The lowest BCUT2D eigenvalue weighted by Crippen LogP contribution is -2.36. The summed E-state index contributed by atoms with van der Waals surface area (Å²) < 4.78 is 50.9. The van der Waals surface area contributed by atoms with Crippen LogP contribution in [0.25, 0.3) is 22.3 Å². The number of aromatic amines is 1. The first kappa shape index (κ1) is 32.5. The number of aliphatic hydroxyl groups excluding tert-OH is 1. The standard InChI is InChI=1S/C22H29N11O11P2S/c23-2-1-8-9-3-40-46(38,47)44-15-10(42-20(13(15)34)32-6-28-11-16(24)26-5-27-17(11)32)4-39-45(36,37)43-14(8)21(41-9)33-7-29-12-18(33)30-22(25)31-19(12)35/h5-10,13-15,20-21,34H,1-4,23H2,(H,36,37)(H,38,47)(H2,24,26,27)(H3,25,30,31,35)/t8?,9-,10-,13?,14+,15+,20-,21-,46?/m1/s1. The van der Waals surface area contributed by atoms with Gasteiger partial charge in [0.15, 0.2) is 35.1 Å². The number of aromatic nitrogens is 8. The highest BCUT2D eigenvalue weighted by Crippen LogP contribution is 2.55. The minimum Gasteiger partial charge on any atom is -0.386 e. The van der Waals surface area contributed by atoms with E-state index in [-0.39, 0.29) is 47.1 Å². The maximum Gasteiger partial charge on any atom is 0.472 e. The fourth-order valence-corrected chi connectivity index (χ4v) is 8.35. The van der Waals surface area contributed by atoms with Gasteiger partial charge >= 0.3 is 14.5 Å². The average molecular weight is 718 g/mol. The van der Waals surface area contributed by atoms with Crippen LogP contribution in [-0.4, -0.2) is 104 Å². The molecule has 3 fully saturated rings. The normalized spacial score (nSPS) is 36.6. The summed E-state index contributed by atoms with van der Waals surface area (Å²) in [6.07, 6.45) is -5.03. The Morgan fingerprint density at radius 3 is 2.43 bits per heavy atom. The van der Waals surface area contributed by atoms with Gasteiger partial charge in [0.05, 0.1) is 32.0 Å². The molecule has 3 aliphatic heterocycles. The predicted molar refractivity (Wildman–Crippen MR) is 161 cm³/mol. The molecule has 2 bridgehead atoms. The van der Waals surface area contributed by atoms with Crippen molar-refractivity contribution in [1.29, 1.82) is 0 Å². The number of nitrogens with one attached hydrogen (secondary N) is 1. The lowest BCUT2D eigenvalue weighted by molar-refractivity contribution is -0.0647. The molecule has 10 N–H and O–H groups in total. The smallest absolute Gasteiger partial charge is 0.386 e. The van der Waals surface area contributed by atoms with Gasteiger partial charge < -0.3 is 46.1 Å². The summed E-state index contributed by atoms with van der Waals surface area (Å²) >= 11 is 5.30. The number of rotatable bonds is 4. The van der Waals surface area contributed by atoms with E-state index in [1.165, 1.54) is 28.1 Å². The van der Waals surface area contributed by atoms with E-state index in [2.05, 4.69) is 29.9 Å². The fraction of sp³-hybridized carbons (Fsp3) is 0.545. The average Bonchev–Trinajstić information content (AvgIpc) is 3.76. The van der Waals surface area contributed by atoms with E-state index in [4.69, 9.17) is 56.6 Å². The molecule has 47 heavy (non-hydrogen) atoms. The number of hydrogen-bond donors (Lipinski definition) is 7. The van der Waals surface area contributed by atoms with Gasteiger partial charge in [-0.25, -0.2) is 24.5 Å². The van der Waals surface area contributed by atoms with E-state index in [1.807, 2.05) is 0 Å². The zero-order valence-corrected chi connectivity index (χ0v) is 26.6. The van der Waals surface area contributed by atoms with Crippen LogP contribution in [0, 0.1) is 5.92 Å². The minimum atomic E-state index is -4.97. The number of aliphatic hydroxyl groups is 1. The van der Waals surface area contributed by atoms with Crippen molar-refractivity contribution in [3.63, 3.8) is 0 Å². The number of nitrogens with zero attached hydrogens (tertiary/aromatic N) is 7. The van der Waals surface area contributed by atoms with Crippen LogP contribution < -0.4 is 22.8 Å². The molecule has 7 rings (SSSR count). The van der Waals surface area contributed by atoms with Gasteiger partial charge in [-0.15, -0.1) is 0 Å². The van der Waals surface area contributed by atoms with Crippen LogP contribution in [0.3, 0.4) is 0 Å². The molecule has 4 aromatic rings. The van der Waals surface area contributed by atoms with E-state index in [9.17, 15) is 24.3 Å². The van der Waals surface area contributed by atoms with Gasteiger partial charge in [-0.05, 0) is 24.8 Å². The third-order valence-corrected chi connectivity index (χ3v) is 10.5. The lowest BCUT2D eigenvalue weighted by atomic mass is 9.94. The topological polar surface area (TPSA) is 318 Å². The summed E-state index contributed by atoms with van der Waals surface area (Å²) in [7, 11) is -4.97. The lowest BCUT2D eigenvalue weighted by Gasteiger charge is -2.27. The van der Waals surface area contributed by atoms with Crippen molar-refractivity contribution < 1.29 is 47.0 Å². The highest BCUT2D eigenvalue weighted by molar-refractivity contribution is 8.07. The first-order valence-electron chi connectivity index (χ1n) is 14.0. The fourth-order valence-electron chi connectivity index (χ4n) is 5.94. The molecule has 25 heteroatoms. The summed E-state index contributed by atoms with van der Waals surface area (Å²) in [6.45, 7) is -5.15. The number of nitrogens with two attached hydrogens (primary N) is 3. The van der Waals surface area contributed by atoms with Gasteiger partial charge in [-0.1, -0.05) is 0 Å². The highest BCUT2D eigenvalue weighted by Gasteiger charge is 2.53. The highest BCUT2D eigenvalue weighted by atomic mass is 32.5. The van der Waals surface area contributed by atoms with E-state index in [0.717, 1.165) is 0 Å². The van der Waals surface area contributed by atoms with E-state index < -0.39 is 82.2 Å². The Hall–Kier alpha value is -3.02. The third-order valence-electron chi connectivity index (χ3n) is 8.00. The Kier molecular flexibility index (Phi) is 8.40. The van der Waals surface area contributed by atoms with Gasteiger partial charge in [-0.2, -0.15) is 4.98 Å². The van der Waals surface area contributed by atoms with Crippen LogP contribution in [0.5, 0.6) is 0 Å². The molecule has 0 aromatic carbocycles. The Labute approximate surface area is 268 Å². The van der Waals surface area contributed by atoms with E-state index >= 15 is 0 Å². The summed E-state index contributed by atoms with van der Waals surface area (Å²) in [4.78, 5) is 57.3. The maximum atomic E-state index is 13.5. The number of phosphoric acid groups is 1. The monoisotopic (exact) mass is 717 g/mol. The summed E-state index contributed by atoms with van der Waals surface area (Å²) in [5.41, 5.74) is 17.3. The van der Waals surface area contributed by atoms with Crippen molar-refractivity contribution >= 4 is 60.4 Å². The van der Waals surface area contributed by atoms with Crippen molar-refractivity contribution in [1.82, 2.24) is 39.0 Å². The maximum absolute atomic E-state index is 13.5. The van der Waals surface area contributed by atoms with Crippen LogP contribution >= 0.6 is 14.5 Å². The number of hydrogen-bond acceptors (Lipinski definition) is 18. The zero-order valence-electron chi connectivity index (χ0n) is 24.0. The van der Waals surface area contributed by atoms with Gasteiger partial charge in [-0.3, -0.25) is 32.5 Å². The van der Waals surface area contributed by atoms with Crippen LogP contribution in [-0.2, 0) is 43.9 Å². The predicted octanol–water partition coefficient (Wildman–Crippen LogP) is -1.62. The molecule has 3 saturated heterocycles. The van der Waals surface area contributed by atoms with Gasteiger partial charge in [0.1, 0.15) is 36.3 Å². The molecule has 22 nitrogen and oxygen atoms in total. The van der Waals surface area contributed by atoms with Crippen LogP contribution in [0.2, 0.25) is 0 Å². The SMILES string of the molecule is NCCC1[C@H]2COP(O)(=S)O[C@@H]3C(O)[C@H](n4cnc5c(N)ncnc54)O[C@@H]3COP(=O)(O)O[C@@H]1[C@H](n1cnc3c(=O)[nH]c(N)nc31)O2. The molecule has 0 aliphatic carbocycles. The molecule has 10 atom stereocenters. The number of anilines is 2. The Morgan fingerprint density at radius 2 is 1.66 bits per heavy atom. The van der Waals surface area contributed by atoms with Crippen molar-refractivity contribution in [2.24, 2.45) is 11.7 Å². The van der Waals surface area contributed by atoms with E-state index in [0.29, 0.717) is 0 Å². The van der Waals surface area contributed by atoms with Crippen LogP contribution in [0.15, 0.2) is 23.8 Å². The Balaban J connectivity index is 1.23. The first-order chi connectivity index (χ1) is 22.4. The molecule has 0 radical (unpaired) electrons. The Bertz CT molecular complexity index is 1980. The molecule has 3 aliphatic rings. The summed E-state index contributed by atoms with van der Waals surface area (Å²) in [5, 5.41) is 11.3. The van der Waals surface area contributed by atoms with Crippen LogP contribution in [0.4, 0.5) is 11.8 Å². The number of phosphoric ester groups is 1. The van der Waals surface area contributed by atoms with E-state index in [1.54, 1.807) is 0 Å². The van der Waals surface area contributed by atoms with Crippen LogP contribution in [0.1, 0.15) is 18.9 Å².